The highest BCUT2D eigenvalue weighted by Crippen LogP contribution is 2.24. The van der Waals surface area contributed by atoms with E-state index < -0.39 is 0 Å². The molecule has 1 aromatic carbocycles. The Morgan fingerprint density at radius 2 is 1.79 bits per heavy atom. The fourth-order valence-electron chi connectivity index (χ4n) is 3.19. The molecule has 0 atom stereocenters. The number of piperazine rings is 1. The second kappa shape index (κ2) is 8.49. The largest absolute Gasteiger partial charge is 0.370 e. The van der Waals surface area contributed by atoms with Gasteiger partial charge in [0.25, 0.3) is 0 Å². The third kappa shape index (κ3) is 5.21. The molecule has 2 fully saturated rings. The lowest BCUT2D eigenvalue weighted by molar-refractivity contribution is 0.148. The Labute approximate surface area is 145 Å². The highest BCUT2D eigenvalue weighted by atomic mass is 15.2. The summed E-state index contributed by atoms with van der Waals surface area (Å²) in [6, 6.07) is 8.80. The first-order valence-electron chi connectivity index (χ1n) is 9.21. The first-order valence-corrected chi connectivity index (χ1v) is 9.21. The van der Waals surface area contributed by atoms with Crippen molar-refractivity contribution in [2.75, 3.05) is 39.8 Å². The van der Waals surface area contributed by atoms with Crippen LogP contribution in [0, 0.1) is 5.92 Å². The Hall–Kier alpha value is -1.59. The maximum Gasteiger partial charge on any atom is 0.188 e. The fraction of sp³-hybridized carbons (Fsp3) is 0.632. The molecule has 5 heteroatoms. The van der Waals surface area contributed by atoms with E-state index in [0.717, 1.165) is 32.1 Å². The van der Waals surface area contributed by atoms with Crippen LogP contribution in [-0.4, -0.2) is 55.5 Å². The number of aliphatic imine (C=N–C) groups is 1. The van der Waals surface area contributed by atoms with Gasteiger partial charge in [-0.2, -0.15) is 0 Å². The minimum atomic E-state index is 0.573. The Balaban J connectivity index is 1.42. The Bertz CT molecular complexity index is 527. The Morgan fingerprint density at radius 3 is 2.42 bits per heavy atom. The Morgan fingerprint density at radius 1 is 1.12 bits per heavy atom. The molecule has 132 valence electrons. The molecule has 0 bridgehead atoms. The fourth-order valence-corrected chi connectivity index (χ4v) is 3.19. The van der Waals surface area contributed by atoms with Gasteiger partial charge < -0.3 is 16.0 Å². The van der Waals surface area contributed by atoms with Gasteiger partial charge in [0.05, 0.1) is 6.54 Å². The number of benzene rings is 1. The third-order valence-corrected chi connectivity index (χ3v) is 5.25. The first kappa shape index (κ1) is 17.2. The van der Waals surface area contributed by atoms with Crippen molar-refractivity contribution in [3.05, 3.63) is 35.4 Å². The lowest BCUT2D eigenvalue weighted by Crippen LogP contribution is -2.43. The molecular weight excluding hydrogens is 298 g/mol. The standard InChI is InChI=1S/C19H31N5/c1-23-9-11-24(12-10-23)15-18-7-5-17(6-8-18)14-22-19(20)21-13-16-3-2-4-16/h5-8,16H,2-4,9-15H2,1H3,(H3,20,21,22). The van der Waals surface area contributed by atoms with Crippen molar-refractivity contribution in [3.63, 3.8) is 0 Å². The summed E-state index contributed by atoms with van der Waals surface area (Å²) in [5.74, 6) is 1.37. The summed E-state index contributed by atoms with van der Waals surface area (Å²) in [5, 5.41) is 3.24. The summed E-state index contributed by atoms with van der Waals surface area (Å²) >= 11 is 0. The van der Waals surface area contributed by atoms with Gasteiger partial charge in [-0.1, -0.05) is 30.7 Å². The normalized spacial score (nSPS) is 20.8. The average molecular weight is 329 g/mol. The molecule has 1 saturated heterocycles. The van der Waals surface area contributed by atoms with Gasteiger partial charge in [-0.15, -0.1) is 0 Å². The lowest BCUT2D eigenvalue weighted by atomic mass is 9.85. The summed E-state index contributed by atoms with van der Waals surface area (Å²) < 4.78 is 0. The van der Waals surface area contributed by atoms with Crippen LogP contribution < -0.4 is 11.1 Å². The number of hydrogen-bond acceptors (Lipinski definition) is 3. The quantitative estimate of drug-likeness (QED) is 0.615. The monoisotopic (exact) mass is 329 g/mol. The van der Waals surface area contributed by atoms with Crippen LogP contribution >= 0.6 is 0 Å². The van der Waals surface area contributed by atoms with Crippen molar-refractivity contribution in [2.45, 2.75) is 32.4 Å². The molecule has 1 aliphatic heterocycles. The molecule has 1 aliphatic carbocycles. The molecule has 3 rings (SSSR count). The molecule has 1 aromatic rings. The second-order valence-electron chi connectivity index (χ2n) is 7.28. The van der Waals surface area contributed by atoms with Gasteiger partial charge >= 0.3 is 0 Å². The van der Waals surface area contributed by atoms with Crippen LogP contribution in [-0.2, 0) is 13.1 Å². The summed E-state index contributed by atoms with van der Waals surface area (Å²) in [6.45, 7) is 7.32. The van der Waals surface area contributed by atoms with Crippen LogP contribution in [0.15, 0.2) is 29.3 Å². The molecule has 5 nitrogen and oxygen atoms in total. The molecule has 1 heterocycles. The van der Waals surface area contributed by atoms with Gasteiger partial charge in [-0.05, 0) is 36.9 Å². The zero-order valence-electron chi connectivity index (χ0n) is 14.9. The van der Waals surface area contributed by atoms with Crippen LogP contribution in [0.25, 0.3) is 0 Å². The molecule has 2 aliphatic rings. The van der Waals surface area contributed by atoms with Crippen molar-refractivity contribution in [1.29, 1.82) is 0 Å². The minimum absolute atomic E-state index is 0.573. The van der Waals surface area contributed by atoms with Crippen molar-refractivity contribution in [1.82, 2.24) is 15.1 Å². The number of hydrogen-bond donors (Lipinski definition) is 2. The van der Waals surface area contributed by atoms with Crippen LogP contribution in [0.1, 0.15) is 30.4 Å². The summed E-state index contributed by atoms with van der Waals surface area (Å²) in [7, 11) is 2.19. The summed E-state index contributed by atoms with van der Waals surface area (Å²) in [6.07, 6.45) is 4.02. The second-order valence-corrected chi connectivity index (χ2v) is 7.28. The van der Waals surface area contributed by atoms with Crippen LogP contribution in [0.2, 0.25) is 0 Å². The summed E-state index contributed by atoms with van der Waals surface area (Å²) in [5.41, 5.74) is 8.53. The van der Waals surface area contributed by atoms with E-state index >= 15 is 0 Å². The van der Waals surface area contributed by atoms with Gasteiger partial charge in [0, 0.05) is 39.3 Å². The number of nitrogens with two attached hydrogens (primary N) is 1. The van der Waals surface area contributed by atoms with Gasteiger partial charge in [0.2, 0.25) is 0 Å². The zero-order valence-corrected chi connectivity index (χ0v) is 14.9. The SMILES string of the molecule is CN1CCN(Cc2ccc(CN=C(N)NCC3CCC3)cc2)CC1. The van der Waals surface area contributed by atoms with Crippen molar-refractivity contribution in [3.8, 4) is 0 Å². The van der Waals surface area contributed by atoms with Crippen LogP contribution in [0.5, 0.6) is 0 Å². The predicted octanol–water partition coefficient (Wildman–Crippen LogP) is 1.64. The van der Waals surface area contributed by atoms with E-state index in [-0.39, 0.29) is 0 Å². The smallest absolute Gasteiger partial charge is 0.188 e. The van der Waals surface area contributed by atoms with Crippen molar-refractivity contribution >= 4 is 5.96 Å². The average Bonchev–Trinajstić information content (AvgIpc) is 2.55. The van der Waals surface area contributed by atoms with Crippen molar-refractivity contribution < 1.29 is 0 Å². The maximum atomic E-state index is 5.94. The summed E-state index contributed by atoms with van der Waals surface area (Å²) in [4.78, 5) is 9.36. The maximum absolute atomic E-state index is 5.94. The molecule has 1 saturated carbocycles. The van der Waals surface area contributed by atoms with E-state index in [9.17, 15) is 0 Å². The molecule has 3 N–H and O–H groups in total. The topological polar surface area (TPSA) is 56.9 Å². The molecule has 0 aromatic heterocycles. The van der Waals surface area contributed by atoms with Crippen molar-refractivity contribution in [2.24, 2.45) is 16.6 Å². The molecule has 0 amide bonds. The molecule has 24 heavy (non-hydrogen) atoms. The van der Waals surface area contributed by atoms with Gasteiger partial charge in [0.1, 0.15) is 0 Å². The predicted molar refractivity (Wildman–Crippen MR) is 99.9 cm³/mol. The highest BCUT2D eigenvalue weighted by molar-refractivity contribution is 5.77. The number of guanidine groups is 1. The van der Waals surface area contributed by atoms with E-state index in [1.165, 1.54) is 43.5 Å². The van der Waals surface area contributed by atoms with E-state index in [4.69, 9.17) is 5.73 Å². The van der Waals surface area contributed by atoms with E-state index in [1.807, 2.05) is 0 Å². The minimum Gasteiger partial charge on any atom is -0.370 e. The van der Waals surface area contributed by atoms with E-state index in [2.05, 4.69) is 51.4 Å². The van der Waals surface area contributed by atoms with Crippen LogP contribution in [0.3, 0.4) is 0 Å². The number of rotatable bonds is 6. The van der Waals surface area contributed by atoms with E-state index in [0.29, 0.717) is 12.5 Å². The van der Waals surface area contributed by atoms with E-state index in [1.54, 1.807) is 0 Å². The number of likely N-dealkylation sites (N-methyl/N-ethyl adjacent to an activating group) is 1. The Kier molecular flexibility index (Phi) is 6.10. The zero-order chi connectivity index (χ0) is 16.8. The van der Waals surface area contributed by atoms with Gasteiger partial charge in [-0.3, -0.25) is 4.90 Å². The van der Waals surface area contributed by atoms with Gasteiger partial charge in [0.15, 0.2) is 5.96 Å². The number of nitrogens with one attached hydrogen (secondary N) is 1. The first-order chi connectivity index (χ1) is 11.7. The molecule has 0 unspecified atom stereocenters. The molecular formula is C19H31N5. The molecule has 0 spiro atoms. The van der Waals surface area contributed by atoms with Crippen LogP contribution in [0.4, 0.5) is 0 Å². The highest BCUT2D eigenvalue weighted by Gasteiger charge is 2.16. The molecule has 0 radical (unpaired) electrons. The number of nitrogens with zero attached hydrogens (tertiary/aromatic N) is 3. The van der Waals surface area contributed by atoms with Gasteiger partial charge in [-0.25, -0.2) is 4.99 Å². The lowest BCUT2D eigenvalue weighted by Gasteiger charge is -2.32. The third-order valence-electron chi connectivity index (χ3n) is 5.25.